The smallest absolute Gasteiger partial charge is 0.334 e. The fourth-order valence-corrected chi connectivity index (χ4v) is 1.88. The average molecular weight is 292 g/mol. The molecule has 21 heavy (non-hydrogen) atoms. The molecule has 0 fully saturated rings. The molecule has 0 aliphatic carbocycles. The van der Waals surface area contributed by atoms with Gasteiger partial charge in [-0.3, -0.25) is 25.1 Å². The number of nitrogen functional groups attached to an aromatic ring is 1. The van der Waals surface area contributed by atoms with E-state index in [0.29, 0.717) is 11.5 Å². The summed E-state index contributed by atoms with van der Waals surface area (Å²) in [4.78, 5) is 33.3. The number of amides is 1. The van der Waals surface area contributed by atoms with Crippen molar-refractivity contribution in [1.82, 2.24) is 9.99 Å². The molecule has 2 aromatic rings. The molecule has 1 amide bonds. The summed E-state index contributed by atoms with van der Waals surface area (Å²) in [5.41, 5.74) is 0.944. The van der Waals surface area contributed by atoms with Crippen molar-refractivity contribution in [2.75, 3.05) is 0 Å². The maximum absolute atomic E-state index is 11.9. The highest BCUT2D eigenvalue weighted by molar-refractivity contribution is 5.94. The Balaban J connectivity index is 2.35. The van der Waals surface area contributed by atoms with E-state index in [9.17, 15) is 19.7 Å². The normalized spacial score (nSPS) is 10.4. The zero-order chi connectivity index (χ0) is 15.6. The summed E-state index contributed by atoms with van der Waals surface area (Å²) in [5.74, 6) is 5.17. The third kappa shape index (κ3) is 2.82. The first-order valence-corrected chi connectivity index (χ1v) is 5.88. The Kier molecular flexibility index (Phi) is 3.85. The number of carbonyl (C=O) groups excluding carboxylic acids is 1. The second kappa shape index (κ2) is 5.59. The quantitative estimate of drug-likeness (QED) is 0.360. The molecule has 2 aromatic heterocycles. The van der Waals surface area contributed by atoms with Gasteiger partial charge in [0.2, 0.25) is 0 Å². The molecule has 3 N–H and O–H groups in total. The first-order valence-electron chi connectivity index (χ1n) is 5.88. The monoisotopic (exact) mass is 292 g/mol. The number of hydrogen-bond donors (Lipinski definition) is 2. The Morgan fingerprint density at radius 3 is 2.90 bits per heavy atom. The van der Waals surface area contributed by atoms with Gasteiger partial charge in [-0.05, 0) is 19.1 Å². The number of hydrogen-bond acceptors (Lipinski definition) is 6. The average Bonchev–Trinajstić information content (AvgIpc) is 2.80. The number of aromatic nitrogens is 1. The highest BCUT2D eigenvalue weighted by atomic mass is 16.6. The maximum Gasteiger partial charge on any atom is 0.334 e. The number of nitrogens with zero attached hydrogens (tertiary/aromatic N) is 2. The highest BCUT2D eigenvalue weighted by Gasteiger charge is 2.17. The number of nitro groups is 1. The molecule has 0 saturated heterocycles. The van der Waals surface area contributed by atoms with Gasteiger partial charge in [-0.2, -0.15) is 0 Å². The molecule has 0 aliphatic heterocycles. The molecule has 0 spiro atoms. The van der Waals surface area contributed by atoms with Crippen molar-refractivity contribution in [3.8, 4) is 0 Å². The van der Waals surface area contributed by atoms with E-state index in [4.69, 9.17) is 10.3 Å². The molecule has 0 atom stereocenters. The second-order valence-corrected chi connectivity index (χ2v) is 4.24. The van der Waals surface area contributed by atoms with Crippen molar-refractivity contribution in [1.29, 1.82) is 0 Å². The van der Waals surface area contributed by atoms with Crippen LogP contribution >= 0.6 is 0 Å². The first-order chi connectivity index (χ1) is 9.93. The fraction of sp³-hybridized carbons (Fsp3) is 0.167. The zero-order valence-electron chi connectivity index (χ0n) is 11.0. The lowest BCUT2D eigenvalue weighted by molar-refractivity contribution is -0.386. The summed E-state index contributed by atoms with van der Waals surface area (Å²) in [6, 6.07) is 3.95. The Morgan fingerprint density at radius 2 is 2.29 bits per heavy atom. The topological polar surface area (TPSA) is 133 Å². The number of furan rings is 1. The van der Waals surface area contributed by atoms with Crippen LogP contribution in [0.3, 0.4) is 0 Å². The summed E-state index contributed by atoms with van der Waals surface area (Å²) < 4.78 is 6.48. The number of rotatable bonds is 4. The summed E-state index contributed by atoms with van der Waals surface area (Å²) in [5, 5.41) is 10.7. The predicted molar refractivity (Wildman–Crippen MR) is 71.6 cm³/mol. The summed E-state index contributed by atoms with van der Waals surface area (Å²) >= 11 is 0. The van der Waals surface area contributed by atoms with Crippen LogP contribution in [0.5, 0.6) is 0 Å². The van der Waals surface area contributed by atoms with Gasteiger partial charge in [-0.1, -0.05) is 0 Å². The molecule has 0 saturated carbocycles. The lowest BCUT2D eigenvalue weighted by atomic mass is 10.2. The predicted octanol–water partition coefficient (Wildman–Crippen LogP) is 0.310. The zero-order valence-corrected chi connectivity index (χ0v) is 11.0. The minimum Gasteiger partial charge on any atom is -0.464 e. The molecular formula is C12H12N4O5. The van der Waals surface area contributed by atoms with Crippen molar-refractivity contribution < 1.29 is 14.1 Å². The molecule has 0 bridgehead atoms. The first kappa shape index (κ1) is 14.5. The number of hydrazine groups is 1. The minimum absolute atomic E-state index is 0.0286. The fourth-order valence-electron chi connectivity index (χ4n) is 1.88. The van der Waals surface area contributed by atoms with E-state index in [1.807, 2.05) is 5.43 Å². The van der Waals surface area contributed by atoms with Crippen molar-refractivity contribution in [3.63, 3.8) is 0 Å². The summed E-state index contributed by atoms with van der Waals surface area (Å²) in [6.07, 6.45) is 1.40. The van der Waals surface area contributed by atoms with Gasteiger partial charge in [0.25, 0.3) is 5.91 Å². The molecule has 2 heterocycles. The molecule has 0 unspecified atom stereocenters. The van der Waals surface area contributed by atoms with Crippen LogP contribution in [0.2, 0.25) is 0 Å². The van der Waals surface area contributed by atoms with Gasteiger partial charge in [-0.15, -0.1) is 0 Å². The molecule has 9 heteroatoms. The van der Waals surface area contributed by atoms with Gasteiger partial charge in [0, 0.05) is 12.3 Å². The van der Waals surface area contributed by atoms with E-state index in [-0.39, 0.29) is 12.1 Å². The van der Waals surface area contributed by atoms with Crippen molar-refractivity contribution >= 4 is 11.6 Å². The number of nitrogens with one attached hydrogen (secondary N) is 1. The van der Waals surface area contributed by atoms with Crippen LogP contribution in [0.1, 0.15) is 21.9 Å². The summed E-state index contributed by atoms with van der Waals surface area (Å²) in [6.45, 7) is 1.55. The molecule has 0 aliphatic rings. The Labute approximate surface area is 118 Å². The third-order valence-corrected chi connectivity index (χ3v) is 2.87. The Hall–Kier alpha value is -2.94. The lowest BCUT2D eigenvalue weighted by Crippen LogP contribution is -2.30. The minimum atomic E-state index is -0.750. The van der Waals surface area contributed by atoms with Crippen LogP contribution < -0.4 is 16.8 Å². The Bertz CT molecular complexity index is 761. The van der Waals surface area contributed by atoms with E-state index in [1.54, 1.807) is 6.92 Å². The van der Waals surface area contributed by atoms with Gasteiger partial charge < -0.3 is 8.98 Å². The molecule has 9 nitrogen and oxygen atoms in total. The maximum atomic E-state index is 11.9. The van der Waals surface area contributed by atoms with Gasteiger partial charge in [0.15, 0.2) is 0 Å². The molecule has 2 rings (SSSR count). The number of aryl methyl sites for hydroxylation is 1. The number of pyridine rings is 1. The van der Waals surface area contributed by atoms with Crippen molar-refractivity contribution in [3.05, 3.63) is 61.9 Å². The van der Waals surface area contributed by atoms with Crippen LogP contribution in [0.15, 0.2) is 33.6 Å². The van der Waals surface area contributed by atoms with Crippen LogP contribution in [0.4, 0.5) is 5.69 Å². The van der Waals surface area contributed by atoms with Crippen molar-refractivity contribution in [2.45, 2.75) is 13.5 Å². The molecule has 0 radical (unpaired) electrons. The van der Waals surface area contributed by atoms with E-state index < -0.39 is 22.1 Å². The largest absolute Gasteiger partial charge is 0.464 e. The van der Waals surface area contributed by atoms with E-state index in [2.05, 4.69) is 0 Å². The van der Waals surface area contributed by atoms with Gasteiger partial charge >= 0.3 is 11.2 Å². The van der Waals surface area contributed by atoms with Crippen LogP contribution in [-0.2, 0) is 6.54 Å². The van der Waals surface area contributed by atoms with E-state index in [1.165, 1.54) is 18.3 Å². The molecule has 0 aromatic carbocycles. The van der Waals surface area contributed by atoms with Crippen molar-refractivity contribution in [2.24, 2.45) is 5.84 Å². The van der Waals surface area contributed by atoms with Crippen LogP contribution in [-0.4, -0.2) is 15.4 Å². The number of carbonyl (C=O) groups is 1. The van der Waals surface area contributed by atoms with Gasteiger partial charge in [0.05, 0.1) is 17.0 Å². The lowest BCUT2D eigenvalue weighted by Gasteiger charge is -2.02. The third-order valence-electron chi connectivity index (χ3n) is 2.87. The van der Waals surface area contributed by atoms with E-state index in [0.717, 1.165) is 10.6 Å². The van der Waals surface area contributed by atoms with E-state index >= 15 is 0 Å². The van der Waals surface area contributed by atoms with Gasteiger partial charge in [0.1, 0.15) is 11.5 Å². The SMILES string of the molecule is Cc1oc(Cn2cccc([N+](=O)[O-])c2=O)cc1C(=O)NN. The van der Waals surface area contributed by atoms with Crippen LogP contribution in [0.25, 0.3) is 0 Å². The van der Waals surface area contributed by atoms with Crippen LogP contribution in [0, 0.1) is 17.0 Å². The molecule has 110 valence electrons. The standard InChI is InChI=1S/C12H12N4O5/c1-7-9(11(17)14-13)5-8(21-7)6-15-4-2-3-10(12(15)18)16(19)20/h2-5H,6,13H2,1H3,(H,14,17). The molecular weight excluding hydrogens is 280 g/mol. The highest BCUT2D eigenvalue weighted by Crippen LogP contribution is 2.15. The Morgan fingerprint density at radius 1 is 1.57 bits per heavy atom. The van der Waals surface area contributed by atoms with Gasteiger partial charge in [-0.25, -0.2) is 5.84 Å². The summed E-state index contributed by atoms with van der Waals surface area (Å²) in [7, 11) is 0. The second-order valence-electron chi connectivity index (χ2n) is 4.24. The number of nitrogens with two attached hydrogens (primary N) is 1.